The van der Waals surface area contributed by atoms with E-state index >= 15 is 0 Å². The van der Waals surface area contributed by atoms with Crippen LogP contribution in [0.2, 0.25) is 0 Å². The summed E-state index contributed by atoms with van der Waals surface area (Å²) in [5.41, 5.74) is 1.99. The van der Waals surface area contributed by atoms with E-state index in [0.717, 1.165) is 24.0 Å². The molecule has 3 rings (SSSR count). The fraction of sp³-hybridized carbons (Fsp3) is 0.429. The van der Waals surface area contributed by atoms with E-state index in [1.54, 1.807) is 6.07 Å². The van der Waals surface area contributed by atoms with Gasteiger partial charge in [-0.15, -0.1) is 0 Å². The predicted molar refractivity (Wildman–Crippen MR) is 68.5 cm³/mol. The first kappa shape index (κ1) is 12.2. The van der Waals surface area contributed by atoms with Crippen LogP contribution < -0.4 is 5.32 Å². The number of fused-ring (bicyclic) bond motifs is 1. The maximum Gasteiger partial charge on any atom is 0.246 e. The summed E-state index contributed by atoms with van der Waals surface area (Å²) in [5.74, 6) is 0.00275. The first-order chi connectivity index (χ1) is 9.08. The van der Waals surface area contributed by atoms with Crippen LogP contribution in [0.1, 0.15) is 30.0 Å². The molecule has 1 saturated heterocycles. The van der Waals surface area contributed by atoms with Crippen molar-refractivity contribution in [3.63, 3.8) is 0 Å². The molecule has 0 spiro atoms. The van der Waals surface area contributed by atoms with Gasteiger partial charge < -0.3 is 5.11 Å². The van der Waals surface area contributed by atoms with Crippen molar-refractivity contribution >= 4 is 11.8 Å². The molecule has 5 heteroatoms. The van der Waals surface area contributed by atoms with E-state index in [1.165, 1.54) is 11.9 Å². The van der Waals surface area contributed by atoms with Gasteiger partial charge in [0.1, 0.15) is 5.75 Å². The van der Waals surface area contributed by atoms with Crippen molar-refractivity contribution < 1.29 is 14.7 Å². The lowest BCUT2D eigenvalue weighted by molar-refractivity contribution is -0.137. The van der Waals surface area contributed by atoms with Crippen molar-refractivity contribution in [1.29, 1.82) is 0 Å². The molecule has 0 bridgehead atoms. The van der Waals surface area contributed by atoms with E-state index in [-0.39, 0.29) is 24.3 Å². The van der Waals surface area contributed by atoms with Gasteiger partial charge in [-0.1, -0.05) is 12.1 Å². The van der Waals surface area contributed by atoms with Gasteiger partial charge in [-0.3, -0.25) is 19.8 Å². The third kappa shape index (κ3) is 1.90. The molecule has 0 aromatic heterocycles. The SMILES string of the molecule is CN1C(=O)CC(NC2CCc3c(O)cccc32)C1=O. The largest absolute Gasteiger partial charge is 0.508 e. The van der Waals surface area contributed by atoms with Gasteiger partial charge in [-0.05, 0) is 30.0 Å². The van der Waals surface area contributed by atoms with Crippen molar-refractivity contribution in [3.8, 4) is 5.75 Å². The van der Waals surface area contributed by atoms with Gasteiger partial charge in [0.25, 0.3) is 0 Å². The second-order valence-corrected chi connectivity index (χ2v) is 5.15. The topological polar surface area (TPSA) is 69.6 Å². The van der Waals surface area contributed by atoms with Crippen molar-refractivity contribution in [3.05, 3.63) is 29.3 Å². The molecule has 5 nitrogen and oxygen atoms in total. The number of amides is 2. The first-order valence-electron chi connectivity index (χ1n) is 6.45. The highest BCUT2D eigenvalue weighted by atomic mass is 16.3. The zero-order valence-electron chi connectivity index (χ0n) is 10.7. The van der Waals surface area contributed by atoms with E-state index in [0.29, 0.717) is 5.75 Å². The van der Waals surface area contributed by atoms with E-state index in [2.05, 4.69) is 5.32 Å². The molecular formula is C14H16N2O3. The number of rotatable bonds is 2. The highest BCUT2D eigenvalue weighted by Crippen LogP contribution is 2.36. The Bertz CT molecular complexity index is 556. The van der Waals surface area contributed by atoms with Crippen LogP contribution in [0.5, 0.6) is 5.75 Å². The number of aromatic hydroxyl groups is 1. The zero-order chi connectivity index (χ0) is 13.6. The average Bonchev–Trinajstić information content (AvgIpc) is 2.90. The summed E-state index contributed by atoms with van der Waals surface area (Å²) in [6.07, 6.45) is 1.86. The lowest BCUT2D eigenvalue weighted by atomic mass is 10.1. The van der Waals surface area contributed by atoms with Gasteiger partial charge >= 0.3 is 0 Å². The molecule has 1 fully saturated rings. The number of likely N-dealkylation sites (tertiary alicyclic amines) is 1. The van der Waals surface area contributed by atoms with Gasteiger partial charge in [0, 0.05) is 13.1 Å². The fourth-order valence-electron chi connectivity index (χ4n) is 2.94. The number of phenols is 1. The van der Waals surface area contributed by atoms with Crippen LogP contribution in [-0.2, 0) is 16.0 Å². The third-order valence-corrected chi connectivity index (χ3v) is 4.03. The summed E-state index contributed by atoms with van der Waals surface area (Å²) in [7, 11) is 1.51. The lowest BCUT2D eigenvalue weighted by Crippen LogP contribution is -2.38. The number of nitrogens with zero attached hydrogens (tertiary/aromatic N) is 1. The summed E-state index contributed by atoms with van der Waals surface area (Å²) < 4.78 is 0. The third-order valence-electron chi connectivity index (χ3n) is 4.03. The van der Waals surface area contributed by atoms with Crippen molar-refractivity contribution in [2.45, 2.75) is 31.3 Å². The van der Waals surface area contributed by atoms with Crippen LogP contribution in [0.4, 0.5) is 0 Å². The molecule has 2 aliphatic rings. The van der Waals surface area contributed by atoms with Crippen LogP contribution in [-0.4, -0.2) is 34.9 Å². The maximum absolute atomic E-state index is 11.9. The van der Waals surface area contributed by atoms with Gasteiger partial charge in [-0.2, -0.15) is 0 Å². The Morgan fingerprint density at radius 1 is 1.32 bits per heavy atom. The number of imide groups is 1. The second kappa shape index (κ2) is 4.35. The van der Waals surface area contributed by atoms with Crippen LogP contribution in [0.25, 0.3) is 0 Å². The quantitative estimate of drug-likeness (QED) is 0.769. The predicted octanol–water partition coefficient (Wildman–Crippen LogP) is 0.726. The molecule has 2 N–H and O–H groups in total. The second-order valence-electron chi connectivity index (χ2n) is 5.15. The van der Waals surface area contributed by atoms with Gasteiger partial charge in [0.15, 0.2) is 0 Å². The minimum Gasteiger partial charge on any atom is -0.508 e. The van der Waals surface area contributed by atoms with Crippen LogP contribution in [0.15, 0.2) is 18.2 Å². The number of hydrogen-bond donors (Lipinski definition) is 2. The first-order valence-corrected chi connectivity index (χ1v) is 6.45. The molecule has 0 radical (unpaired) electrons. The summed E-state index contributed by atoms with van der Waals surface area (Å²) in [6.45, 7) is 0. The Kier molecular flexibility index (Phi) is 2.78. The van der Waals surface area contributed by atoms with Crippen molar-refractivity contribution in [1.82, 2.24) is 10.2 Å². The molecule has 1 aliphatic carbocycles. The molecule has 1 heterocycles. The van der Waals surface area contributed by atoms with E-state index in [4.69, 9.17) is 0 Å². The highest BCUT2D eigenvalue weighted by molar-refractivity contribution is 6.05. The maximum atomic E-state index is 11.9. The van der Waals surface area contributed by atoms with Crippen molar-refractivity contribution in [2.24, 2.45) is 0 Å². The minimum absolute atomic E-state index is 0.0374. The number of carbonyl (C=O) groups excluding carboxylic acids is 2. The Hall–Kier alpha value is -1.88. The molecule has 2 atom stereocenters. The lowest BCUT2D eigenvalue weighted by Gasteiger charge is -2.18. The fourth-order valence-corrected chi connectivity index (χ4v) is 2.94. The molecule has 1 aromatic carbocycles. The van der Waals surface area contributed by atoms with Gasteiger partial charge in [-0.25, -0.2) is 0 Å². The summed E-state index contributed by atoms with van der Waals surface area (Å²) in [6, 6.07) is 5.05. The molecular weight excluding hydrogens is 244 g/mol. The minimum atomic E-state index is -0.434. The number of nitrogens with one attached hydrogen (secondary N) is 1. The average molecular weight is 260 g/mol. The van der Waals surface area contributed by atoms with E-state index in [9.17, 15) is 14.7 Å². The van der Waals surface area contributed by atoms with Crippen LogP contribution in [0, 0.1) is 0 Å². The van der Waals surface area contributed by atoms with Gasteiger partial charge in [0.2, 0.25) is 11.8 Å². The highest BCUT2D eigenvalue weighted by Gasteiger charge is 2.38. The zero-order valence-corrected chi connectivity index (χ0v) is 10.7. The van der Waals surface area contributed by atoms with Crippen LogP contribution >= 0.6 is 0 Å². The number of benzene rings is 1. The van der Waals surface area contributed by atoms with Crippen LogP contribution in [0.3, 0.4) is 0 Å². The summed E-state index contributed by atoms with van der Waals surface area (Å²) in [5, 5.41) is 13.0. The number of hydrogen-bond acceptors (Lipinski definition) is 4. The number of likely N-dealkylation sites (N-methyl/N-ethyl adjacent to an activating group) is 1. The molecule has 100 valence electrons. The molecule has 0 saturated carbocycles. The summed E-state index contributed by atoms with van der Waals surface area (Å²) >= 11 is 0. The van der Waals surface area contributed by atoms with E-state index < -0.39 is 6.04 Å². The Balaban J connectivity index is 1.79. The molecule has 1 aromatic rings. The Labute approximate surface area is 111 Å². The normalized spacial score (nSPS) is 26.1. The monoisotopic (exact) mass is 260 g/mol. The Morgan fingerprint density at radius 2 is 2.11 bits per heavy atom. The molecule has 2 unspecified atom stereocenters. The van der Waals surface area contributed by atoms with E-state index in [1.807, 2.05) is 12.1 Å². The van der Waals surface area contributed by atoms with Crippen molar-refractivity contribution in [2.75, 3.05) is 7.05 Å². The van der Waals surface area contributed by atoms with Gasteiger partial charge in [0.05, 0.1) is 12.5 Å². The Morgan fingerprint density at radius 3 is 2.79 bits per heavy atom. The molecule has 19 heavy (non-hydrogen) atoms. The molecule has 2 amide bonds. The molecule has 1 aliphatic heterocycles. The summed E-state index contributed by atoms with van der Waals surface area (Å²) in [4.78, 5) is 24.5. The standard InChI is InChI=1S/C14H16N2O3/c1-16-13(18)7-11(14(16)19)15-10-6-5-9-8(10)3-2-4-12(9)17/h2-4,10-11,15,17H,5-7H2,1H3. The number of carbonyl (C=O) groups is 2. The smallest absolute Gasteiger partial charge is 0.246 e. The number of phenolic OH excluding ortho intramolecular Hbond substituents is 1.